The molecule has 0 unspecified atom stereocenters. The average molecular weight is 421 g/mol. The largest absolute Gasteiger partial charge is 0.465 e. The second-order valence-corrected chi connectivity index (χ2v) is 7.12. The van der Waals surface area contributed by atoms with Crippen molar-refractivity contribution >= 4 is 22.7 Å². The van der Waals surface area contributed by atoms with Crippen molar-refractivity contribution in [3.63, 3.8) is 0 Å². The van der Waals surface area contributed by atoms with Gasteiger partial charge >= 0.3 is 6.18 Å². The van der Waals surface area contributed by atoms with E-state index in [-0.39, 0.29) is 29.5 Å². The SMILES string of the molecule is C[C@H]1COC[C@@H]1n1c(C#N)cc2cnc(Nc3cn(C)nc3OCC(F)(F)F)nc21. The summed E-state index contributed by atoms with van der Waals surface area (Å²) >= 11 is 0. The van der Waals surface area contributed by atoms with E-state index in [9.17, 15) is 18.4 Å². The molecule has 1 aliphatic heterocycles. The fourth-order valence-corrected chi connectivity index (χ4v) is 3.40. The van der Waals surface area contributed by atoms with Crippen molar-refractivity contribution in [2.24, 2.45) is 13.0 Å². The molecule has 0 saturated carbocycles. The molecule has 0 amide bonds. The Bertz CT molecular complexity index is 1120. The van der Waals surface area contributed by atoms with Gasteiger partial charge in [-0.1, -0.05) is 6.92 Å². The molecule has 158 valence electrons. The summed E-state index contributed by atoms with van der Waals surface area (Å²) in [5.41, 5.74) is 1.17. The van der Waals surface area contributed by atoms with E-state index in [0.717, 1.165) is 0 Å². The van der Waals surface area contributed by atoms with Crippen LogP contribution in [0, 0.1) is 17.2 Å². The minimum atomic E-state index is -4.49. The van der Waals surface area contributed by atoms with Gasteiger partial charge in [-0.25, -0.2) is 4.98 Å². The summed E-state index contributed by atoms with van der Waals surface area (Å²) in [6.45, 7) is 1.61. The van der Waals surface area contributed by atoms with Gasteiger partial charge in [0.1, 0.15) is 23.1 Å². The van der Waals surface area contributed by atoms with E-state index in [4.69, 9.17) is 9.47 Å². The lowest BCUT2D eigenvalue weighted by Gasteiger charge is -2.17. The molecule has 4 heterocycles. The standard InChI is InChI=1S/C18H18F3N7O2/c1-10-7-29-8-14(10)28-12(4-22)3-11-5-23-17(25-15(11)28)24-13-6-27(2)26-16(13)30-9-18(19,20)21/h3,5-6,10,14H,7-9H2,1-2H3,(H,23,24,25)/t10-,14-/m0/s1. The van der Waals surface area contributed by atoms with E-state index in [1.165, 1.54) is 10.9 Å². The van der Waals surface area contributed by atoms with Crippen molar-refractivity contribution in [1.82, 2.24) is 24.3 Å². The first kappa shape index (κ1) is 20.0. The zero-order valence-corrected chi connectivity index (χ0v) is 16.1. The van der Waals surface area contributed by atoms with Gasteiger partial charge in [0.15, 0.2) is 6.61 Å². The lowest BCUT2D eigenvalue weighted by Crippen LogP contribution is -2.19. The van der Waals surface area contributed by atoms with E-state index < -0.39 is 12.8 Å². The highest BCUT2D eigenvalue weighted by Gasteiger charge is 2.31. The van der Waals surface area contributed by atoms with Crippen LogP contribution in [0.5, 0.6) is 5.88 Å². The number of rotatable bonds is 5. The van der Waals surface area contributed by atoms with Crippen LogP contribution in [0.4, 0.5) is 24.8 Å². The summed E-state index contributed by atoms with van der Waals surface area (Å²) < 4.78 is 50.9. The van der Waals surface area contributed by atoms with Crippen molar-refractivity contribution in [2.45, 2.75) is 19.1 Å². The van der Waals surface area contributed by atoms with E-state index in [1.54, 1.807) is 19.3 Å². The quantitative estimate of drug-likeness (QED) is 0.676. The molecule has 12 heteroatoms. The first-order chi connectivity index (χ1) is 14.2. The van der Waals surface area contributed by atoms with Gasteiger partial charge in [-0.15, -0.1) is 5.10 Å². The number of ether oxygens (including phenoxy) is 2. The number of fused-ring (bicyclic) bond motifs is 1. The fourth-order valence-electron chi connectivity index (χ4n) is 3.40. The summed E-state index contributed by atoms with van der Waals surface area (Å²) in [5.74, 6) is 0.118. The average Bonchev–Trinajstić information content (AvgIpc) is 3.35. The summed E-state index contributed by atoms with van der Waals surface area (Å²) in [7, 11) is 1.56. The van der Waals surface area contributed by atoms with Crippen LogP contribution in [0.25, 0.3) is 11.0 Å². The molecule has 0 aliphatic carbocycles. The predicted molar refractivity (Wildman–Crippen MR) is 99.3 cm³/mol. The normalized spacial score (nSPS) is 19.2. The molecule has 0 aromatic carbocycles. The Hall–Kier alpha value is -3.33. The number of aryl methyl sites for hydroxylation is 1. The molecule has 1 fully saturated rings. The molecule has 1 N–H and O–H groups in total. The summed E-state index contributed by atoms with van der Waals surface area (Å²) in [5, 5.41) is 17.0. The van der Waals surface area contributed by atoms with Crippen LogP contribution in [0.1, 0.15) is 18.7 Å². The number of hydrogen-bond acceptors (Lipinski definition) is 7. The number of nitrogens with zero attached hydrogens (tertiary/aromatic N) is 6. The minimum Gasteiger partial charge on any atom is -0.465 e. The second kappa shape index (κ2) is 7.49. The lowest BCUT2D eigenvalue weighted by atomic mass is 10.1. The molecular formula is C18H18F3N7O2. The number of halogens is 3. The van der Waals surface area contributed by atoms with Gasteiger partial charge in [-0.3, -0.25) is 4.68 Å². The monoisotopic (exact) mass is 421 g/mol. The van der Waals surface area contributed by atoms with E-state index in [0.29, 0.717) is 29.9 Å². The van der Waals surface area contributed by atoms with Crippen molar-refractivity contribution in [1.29, 1.82) is 5.26 Å². The van der Waals surface area contributed by atoms with Crippen LogP contribution >= 0.6 is 0 Å². The molecule has 1 saturated heterocycles. The number of nitriles is 1. The Morgan fingerprint density at radius 1 is 1.40 bits per heavy atom. The Labute approximate surface area is 169 Å². The van der Waals surface area contributed by atoms with Crippen LogP contribution in [0.3, 0.4) is 0 Å². The molecule has 0 radical (unpaired) electrons. The molecule has 2 atom stereocenters. The molecular weight excluding hydrogens is 403 g/mol. The van der Waals surface area contributed by atoms with E-state index in [2.05, 4.69) is 26.5 Å². The summed E-state index contributed by atoms with van der Waals surface area (Å²) in [6, 6.07) is 3.82. The van der Waals surface area contributed by atoms with Gasteiger partial charge in [-0.05, 0) is 6.07 Å². The molecule has 4 rings (SSSR count). The predicted octanol–water partition coefficient (Wildman–Crippen LogP) is 2.93. The third kappa shape index (κ3) is 3.88. The Balaban J connectivity index is 1.67. The zero-order chi connectivity index (χ0) is 21.5. The van der Waals surface area contributed by atoms with Crippen molar-refractivity contribution in [2.75, 3.05) is 25.1 Å². The number of aromatic nitrogens is 5. The number of anilines is 2. The van der Waals surface area contributed by atoms with Gasteiger partial charge < -0.3 is 19.4 Å². The fraction of sp³-hybridized carbons (Fsp3) is 0.444. The molecule has 0 spiro atoms. The van der Waals surface area contributed by atoms with Crippen molar-refractivity contribution in [3.05, 3.63) is 24.2 Å². The highest BCUT2D eigenvalue weighted by molar-refractivity contribution is 5.79. The summed E-state index contributed by atoms with van der Waals surface area (Å²) in [6.07, 6.45) is -1.47. The molecule has 3 aromatic heterocycles. The lowest BCUT2D eigenvalue weighted by molar-refractivity contribution is -0.154. The second-order valence-electron chi connectivity index (χ2n) is 7.12. The summed E-state index contributed by atoms with van der Waals surface area (Å²) in [4.78, 5) is 8.70. The highest BCUT2D eigenvalue weighted by Crippen LogP contribution is 2.32. The van der Waals surface area contributed by atoms with Crippen LogP contribution in [-0.2, 0) is 11.8 Å². The van der Waals surface area contributed by atoms with Crippen LogP contribution in [0.15, 0.2) is 18.5 Å². The molecule has 0 bridgehead atoms. The number of nitrogens with one attached hydrogen (secondary N) is 1. The zero-order valence-electron chi connectivity index (χ0n) is 16.1. The van der Waals surface area contributed by atoms with Gasteiger partial charge in [-0.2, -0.15) is 23.4 Å². The maximum Gasteiger partial charge on any atom is 0.422 e. The maximum atomic E-state index is 12.5. The maximum absolute atomic E-state index is 12.5. The first-order valence-electron chi connectivity index (χ1n) is 9.11. The topological polar surface area (TPSA) is 103 Å². The van der Waals surface area contributed by atoms with Crippen LogP contribution in [-0.4, -0.2) is 50.3 Å². The van der Waals surface area contributed by atoms with Gasteiger partial charge in [0, 0.05) is 24.5 Å². The van der Waals surface area contributed by atoms with Crippen molar-refractivity contribution < 1.29 is 22.6 Å². The Morgan fingerprint density at radius 2 is 2.20 bits per heavy atom. The van der Waals surface area contributed by atoms with E-state index >= 15 is 0 Å². The minimum absolute atomic E-state index is 0.0519. The van der Waals surface area contributed by atoms with E-state index in [1.807, 2.05) is 11.5 Å². The van der Waals surface area contributed by atoms with Crippen LogP contribution in [0.2, 0.25) is 0 Å². The molecule has 1 aliphatic rings. The Morgan fingerprint density at radius 3 is 2.87 bits per heavy atom. The third-order valence-electron chi connectivity index (χ3n) is 4.76. The highest BCUT2D eigenvalue weighted by atomic mass is 19.4. The smallest absolute Gasteiger partial charge is 0.422 e. The Kier molecular flexibility index (Phi) is 4.98. The third-order valence-corrected chi connectivity index (χ3v) is 4.76. The van der Waals surface area contributed by atoms with Crippen LogP contribution < -0.4 is 10.1 Å². The number of alkyl halides is 3. The van der Waals surface area contributed by atoms with Gasteiger partial charge in [0.05, 0.1) is 25.5 Å². The van der Waals surface area contributed by atoms with Gasteiger partial charge in [0.25, 0.3) is 5.88 Å². The van der Waals surface area contributed by atoms with Crippen molar-refractivity contribution in [3.8, 4) is 11.9 Å². The molecule has 30 heavy (non-hydrogen) atoms. The first-order valence-corrected chi connectivity index (χ1v) is 9.11. The van der Waals surface area contributed by atoms with Gasteiger partial charge in [0.2, 0.25) is 5.95 Å². The number of hydrogen-bond donors (Lipinski definition) is 1. The molecule has 3 aromatic rings. The molecule has 9 nitrogen and oxygen atoms in total.